The van der Waals surface area contributed by atoms with Crippen LogP contribution < -0.4 is 0 Å². The van der Waals surface area contributed by atoms with Crippen LogP contribution in [0.1, 0.15) is 18.2 Å². The summed E-state index contributed by atoms with van der Waals surface area (Å²) in [6.07, 6.45) is 1.68. The van der Waals surface area contributed by atoms with Gasteiger partial charge in [-0.25, -0.2) is 0 Å². The molecule has 1 heterocycles. The highest BCUT2D eigenvalue weighted by Crippen LogP contribution is 2.30. The normalized spacial score (nSPS) is 11.4. The molecule has 3 nitrogen and oxygen atoms in total. The highest BCUT2D eigenvalue weighted by atomic mass is 35.5. The molecular weight excluding hydrogens is 344 g/mol. The highest BCUT2D eigenvalue weighted by molar-refractivity contribution is 6.30. The maximum absolute atomic E-state index is 6.23. The van der Waals surface area contributed by atoms with Gasteiger partial charge in [-0.1, -0.05) is 65.8 Å². The van der Waals surface area contributed by atoms with Crippen molar-refractivity contribution in [3.05, 3.63) is 89.6 Å². The zero-order valence-electron chi connectivity index (χ0n) is 14.9. The molecule has 0 aliphatic heterocycles. The molecule has 0 saturated carbocycles. The van der Waals surface area contributed by atoms with Crippen LogP contribution in [-0.4, -0.2) is 16.9 Å². The lowest BCUT2D eigenvalue weighted by Gasteiger charge is -2.13. The van der Waals surface area contributed by atoms with Gasteiger partial charge in [-0.15, -0.1) is 0 Å². The number of oxime groups is 1. The summed E-state index contributed by atoms with van der Waals surface area (Å²) in [6.45, 7) is 8.05. The van der Waals surface area contributed by atoms with Crippen molar-refractivity contribution in [1.29, 1.82) is 0 Å². The molecule has 0 fully saturated rings. The molecule has 3 aromatic rings. The van der Waals surface area contributed by atoms with Crippen LogP contribution in [0.4, 0.5) is 0 Å². The maximum Gasteiger partial charge on any atom is 0.135 e. The van der Waals surface area contributed by atoms with Crippen LogP contribution in [0.3, 0.4) is 0 Å². The van der Waals surface area contributed by atoms with E-state index in [2.05, 4.69) is 47.5 Å². The van der Waals surface area contributed by atoms with Crippen molar-refractivity contribution in [2.75, 3.05) is 6.61 Å². The van der Waals surface area contributed by atoms with Crippen molar-refractivity contribution >= 4 is 17.3 Å². The average Bonchev–Trinajstić information content (AvgIpc) is 3.00. The van der Waals surface area contributed by atoms with Gasteiger partial charge in [0.25, 0.3) is 0 Å². The van der Waals surface area contributed by atoms with Gasteiger partial charge in [-0.2, -0.15) is 0 Å². The number of benzene rings is 2. The molecule has 0 atom stereocenters. The first-order chi connectivity index (χ1) is 12.6. The number of hydrogen-bond donors (Lipinski definition) is 0. The van der Waals surface area contributed by atoms with Gasteiger partial charge in [0.2, 0.25) is 0 Å². The van der Waals surface area contributed by atoms with Gasteiger partial charge < -0.3 is 9.40 Å². The molecule has 0 radical (unpaired) electrons. The Labute approximate surface area is 159 Å². The van der Waals surface area contributed by atoms with Crippen molar-refractivity contribution < 1.29 is 4.84 Å². The van der Waals surface area contributed by atoms with E-state index in [1.54, 1.807) is 6.08 Å². The Morgan fingerprint density at radius 3 is 2.62 bits per heavy atom. The van der Waals surface area contributed by atoms with Crippen LogP contribution in [-0.2, 0) is 4.84 Å². The summed E-state index contributed by atoms with van der Waals surface area (Å²) in [5.74, 6) is 0. The molecule has 26 heavy (non-hydrogen) atoms. The van der Waals surface area contributed by atoms with E-state index in [1.165, 1.54) is 0 Å². The second-order valence-electron chi connectivity index (χ2n) is 5.97. The van der Waals surface area contributed by atoms with E-state index in [1.807, 2.05) is 43.3 Å². The number of halogens is 1. The molecule has 132 valence electrons. The third-order valence-electron chi connectivity index (χ3n) is 4.17. The number of rotatable bonds is 6. The van der Waals surface area contributed by atoms with E-state index in [-0.39, 0.29) is 0 Å². The van der Waals surface area contributed by atoms with Crippen LogP contribution in [0.5, 0.6) is 0 Å². The van der Waals surface area contributed by atoms with E-state index in [0.717, 1.165) is 33.9 Å². The summed E-state index contributed by atoms with van der Waals surface area (Å²) in [6, 6.07) is 20.3. The molecule has 3 rings (SSSR count). The molecule has 4 heteroatoms. The Hall–Kier alpha value is -2.78. The minimum Gasteiger partial charge on any atom is -0.391 e. The standard InChI is InChI=1S/C22H21ClN2O/c1-4-13-26-24-16(2)21-15-22(18-9-6-5-7-10-18)25(17(21)3)20-12-8-11-19(23)14-20/h4-12,14-15H,1,13H2,2-3H3/b24-16-. The Bertz CT molecular complexity index is 942. The topological polar surface area (TPSA) is 26.5 Å². The van der Waals surface area contributed by atoms with Gasteiger partial charge >= 0.3 is 0 Å². The van der Waals surface area contributed by atoms with Crippen LogP contribution in [0, 0.1) is 6.92 Å². The maximum atomic E-state index is 6.23. The summed E-state index contributed by atoms with van der Waals surface area (Å²) < 4.78 is 2.20. The van der Waals surface area contributed by atoms with Crippen molar-refractivity contribution in [2.24, 2.45) is 5.16 Å². The average molecular weight is 365 g/mol. The van der Waals surface area contributed by atoms with Crippen molar-refractivity contribution in [3.63, 3.8) is 0 Å². The largest absolute Gasteiger partial charge is 0.391 e. The third kappa shape index (κ3) is 3.73. The van der Waals surface area contributed by atoms with Gasteiger partial charge in [0.05, 0.1) is 11.4 Å². The quantitative estimate of drug-likeness (QED) is 0.227. The second kappa shape index (κ2) is 8.07. The molecule has 0 unspecified atom stereocenters. The lowest BCUT2D eigenvalue weighted by molar-refractivity contribution is 0.175. The highest BCUT2D eigenvalue weighted by Gasteiger charge is 2.17. The number of hydrogen-bond acceptors (Lipinski definition) is 2. The zero-order valence-corrected chi connectivity index (χ0v) is 15.7. The third-order valence-corrected chi connectivity index (χ3v) is 4.40. The van der Waals surface area contributed by atoms with Crippen LogP contribution in [0.25, 0.3) is 16.9 Å². The van der Waals surface area contributed by atoms with Gasteiger partial charge in [0.1, 0.15) is 6.61 Å². The Balaban J connectivity index is 2.18. The molecule has 0 bridgehead atoms. The van der Waals surface area contributed by atoms with E-state index in [0.29, 0.717) is 11.6 Å². The van der Waals surface area contributed by atoms with E-state index in [4.69, 9.17) is 16.4 Å². The van der Waals surface area contributed by atoms with E-state index in [9.17, 15) is 0 Å². The van der Waals surface area contributed by atoms with E-state index >= 15 is 0 Å². The van der Waals surface area contributed by atoms with Gasteiger partial charge in [-0.3, -0.25) is 0 Å². The summed E-state index contributed by atoms with van der Waals surface area (Å²) in [5, 5.41) is 4.91. The fourth-order valence-corrected chi connectivity index (χ4v) is 3.16. The van der Waals surface area contributed by atoms with Gasteiger partial charge in [0, 0.05) is 22.0 Å². The van der Waals surface area contributed by atoms with Gasteiger partial charge in [-0.05, 0) is 43.7 Å². The van der Waals surface area contributed by atoms with E-state index < -0.39 is 0 Å². The molecule has 0 amide bonds. The van der Waals surface area contributed by atoms with Crippen LogP contribution >= 0.6 is 11.6 Å². The molecular formula is C22H21ClN2O. The molecule has 0 aliphatic carbocycles. The predicted octanol–water partition coefficient (Wildman–Crippen LogP) is 6.03. The predicted molar refractivity (Wildman–Crippen MR) is 109 cm³/mol. The zero-order chi connectivity index (χ0) is 18.5. The number of nitrogens with zero attached hydrogens (tertiary/aromatic N) is 2. The minimum atomic E-state index is 0.386. The van der Waals surface area contributed by atoms with Crippen molar-refractivity contribution in [2.45, 2.75) is 13.8 Å². The summed E-state index contributed by atoms with van der Waals surface area (Å²) in [4.78, 5) is 5.27. The monoisotopic (exact) mass is 364 g/mol. The smallest absolute Gasteiger partial charge is 0.135 e. The lowest BCUT2D eigenvalue weighted by Crippen LogP contribution is -2.02. The van der Waals surface area contributed by atoms with Crippen molar-refractivity contribution in [1.82, 2.24) is 4.57 Å². The molecule has 0 aliphatic rings. The summed E-state index contributed by atoms with van der Waals surface area (Å²) >= 11 is 6.23. The second-order valence-corrected chi connectivity index (χ2v) is 6.41. The lowest BCUT2D eigenvalue weighted by atomic mass is 10.1. The van der Waals surface area contributed by atoms with Gasteiger partial charge in [0.15, 0.2) is 0 Å². The molecule has 0 saturated heterocycles. The fourth-order valence-electron chi connectivity index (χ4n) is 2.98. The summed E-state index contributed by atoms with van der Waals surface area (Å²) in [5.41, 5.74) is 6.16. The van der Waals surface area contributed by atoms with Crippen molar-refractivity contribution in [3.8, 4) is 16.9 Å². The minimum absolute atomic E-state index is 0.386. The molecule has 0 N–H and O–H groups in total. The molecule has 2 aromatic carbocycles. The van der Waals surface area contributed by atoms with Crippen LogP contribution in [0.2, 0.25) is 5.02 Å². The SMILES string of the molecule is C=CCO/N=C(/C)c1cc(-c2ccccc2)n(-c2cccc(Cl)c2)c1C. The summed E-state index contributed by atoms with van der Waals surface area (Å²) in [7, 11) is 0. The first-order valence-corrected chi connectivity index (χ1v) is 8.81. The fraction of sp³-hybridized carbons (Fsp3) is 0.136. The Morgan fingerprint density at radius 1 is 1.15 bits per heavy atom. The Kier molecular flexibility index (Phi) is 5.59. The van der Waals surface area contributed by atoms with Crippen LogP contribution in [0.15, 0.2) is 78.5 Å². The first-order valence-electron chi connectivity index (χ1n) is 8.43. The Morgan fingerprint density at radius 2 is 1.92 bits per heavy atom. The number of aromatic nitrogens is 1. The molecule has 1 aromatic heterocycles. The molecule has 0 spiro atoms. The first kappa shape index (κ1) is 18.0.